The molecule has 1 fully saturated rings. The number of nitrogens with zero attached hydrogens (tertiary/aromatic N) is 3. The van der Waals surface area contributed by atoms with Gasteiger partial charge >= 0.3 is 0 Å². The fourth-order valence-electron chi connectivity index (χ4n) is 2.53. The van der Waals surface area contributed by atoms with Crippen LogP contribution in [0, 0.1) is 0 Å². The Morgan fingerprint density at radius 1 is 1.40 bits per heavy atom. The van der Waals surface area contributed by atoms with E-state index < -0.39 is 0 Å². The van der Waals surface area contributed by atoms with Crippen molar-refractivity contribution in [2.75, 3.05) is 29.1 Å². The third-order valence-corrected chi connectivity index (χ3v) is 5.94. The van der Waals surface area contributed by atoms with Gasteiger partial charge in [0.2, 0.25) is 5.95 Å². The third-order valence-electron chi connectivity index (χ3n) is 3.80. The molecule has 1 aliphatic rings. The van der Waals surface area contributed by atoms with Gasteiger partial charge in [0.1, 0.15) is 10.6 Å². The minimum atomic E-state index is 0.501. The maximum atomic E-state index is 4.77. The van der Waals surface area contributed by atoms with Gasteiger partial charge in [-0.1, -0.05) is 6.92 Å². The maximum absolute atomic E-state index is 4.77. The molecule has 1 aliphatic heterocycles. The first-order valence-electron chi connectivity index (χ1n) is 7.08. The number of hydrogen-bond donors (Lipinski definition) is 1. The maximum Gasteiger partial charge on any atom is 0.226 e. The van der Waals surface area contributed by atoms with Gasteiger partial charge in [-0.2, -0.15) is 16.7 Å². The van der Waals surface area contributed by atoms with Gasteiger partial charge in [-0.25, -0.2) is 4.98 Å². The van der Waals surface area contributed by atoms with Crippen LogP contribution in [0.5, 0.6) is 0 Å². The number of hydrogen-bond acceptors (Lipinski definition) is 6. The quantitative estimate of drug-likeness (QED) is 0.940. The van der Waals surface area contributed by atoms with Gasteiger partial charge < -0.3 is 10.2 Å². The summed E-state index contributed by atoms with van der Waals surface area (Å²) in [5, 5.41) is 7.17. The van der Waals surface area contributed by atoms with Crippen molar-refractivity contribution in [3.63, 3.8) is 0 Å². The molecule has 0 spiro atoms. The Hall–Kier alpha value is -1.01. The predicted octanol–water partition coefficient (Wildman–Crippen LogP) is 3.45. The second-order valence-corrected chi connectivity index (χ2v) is 7.43. The van der Waals surface area contributed by atoms with Crippen LogP contribution in [0.3, 0.4) is 0 Å². The first kappa shape index (κ1) is 13.9. The summed E-state index contributed by atoms with van der Waals surface area (Å²) < 4.78 is 0. The van der Waals surface area contributed by atoms with E-state index in [1.165, 1.54) is 5.39 Å². The zero-order valence-electron chi connectivity index (χ0n) is 12.1. The van der Waals surface area contributed by atoms with Gasteiger partial charge in [-0.05, 0) is 25.3 Å². The molecule has 0 saturated carbocycles. The lowest BCUT2D eigenvalue weighted by Crippen LogP contribution is -2.45. The highest BCUT2D eigenvalue weighted by Gasteiger charge is 2.28. The first-order chi connectivity index (χ1) is 9.70. The van der Waals surface area contributed by atoms with Crippen molar-refractivity contribution in [1.29, 1.82) is 0 Å². The molecule has 0 aromatic carbocycles. The van der Waals surface area contributed by atoms with Crippen LogP contribution in [0.2, 0.25) is 0 Å². The molecule has 1 saturated heterocycles. The van der Waals surface area contributed by atoms with Crippen LogP contribution < -0.4 is 10.2 Å². The number of thiophene rings is 1. The Kier molecular flexibility index (Phi) is 4.03. The van der Waals surface area contributed by atoms with Crippen molar-refractivity contribution in [2.45, 2.75) is 32.1 Å². The Labute approximate surface area is 128 Å². The van der Waals surface area contributed by atoms with Crippen LogP contribution in [-0.2, 0) is 0 Å². The number of rotatable bonds is 3. The average Bonchev–Trinajstić information content (AvgIpc) is 2.90. The number of aromatic nitrogens is 2. The van der Waals surface area contributed by atoms with Crippen molar-refractivity contribution in [3.8, 4) is 0 Å². The van der Waals surface area contributed by atoms with Gasteiger partial charge in [0.05, 0.1) is 5.39 Å². The monoisotopic (exact) mass is 308 g/mol. The highest BCUT2D eigenvalue weighted by atomic mass is 32.2. The average molecular weight is 308 g/mol. The molecule has 2 unspecified atom stereocenters. The Bertz CT molecular complexity index is 598. The molecular weight excluding hydrogens is 288 g/mol. The zero-order valence-corrected chi connectivity index (χ0v) is 13.7. The molecule has 2 aromatic heterocycles. The highest BCUT2D eigenvalue weighted by molar-refractivity contribution is 8.00. The third kappa shape index (κ3) is 2.46. The van der Waals surface area contributed by atoms with Gasteiger partial charge in [0.15, 0.2) is 0 Å². The van der Waals surface area contributed by atoms with Crippen LogP contribution in [0.1, 0.15) is 20.8 Å². The number of thioether (sulfide) groups is 1. The molecule has 0 bridgehead atoms. The Morgan fingerprint density at radius 2 is 2.25 bits per heavy atom. The fraction of sp³-hybridized carbons (Fsp3) is 0.571. The van der Waals surface area contributed by atoms with Crippen molar-refractivity contribution in [1.82, 2.24) is 9.97 Å². The SMILES string of the molecule is CCNc1nc(N2CCSC(C)C2C)c2ccsc2n1. The van der Waals surface area contributed by atoms with Crippen LogP contribution in [0.15, 0.2) is 11.4 Å². The molecule has 1 N–H and O–H groups in total. The van der Waals surface area contributed by atoms with E-state index in [0.717, 1.165) is 35.4 Å². The van der Waals surface area contributed by atoms with Crippen molar-refractivity contribution in [2.24, 2.45) is 0 Å². The van der Waals surface area contributed by atoms with E-state index in [1.807, 2.05) is 11.8 Å². The molecule has 4 nitrogen and oxygen atoms in total. The van der Waals surface area contributed by atoms with Crippen molar-refractivity contribution < 1.29 is 0 Å². The summed E-state index contributed by atoms with van der Waals surface area (Å²) in [6.45, 7) is 8.58. The Balaban J connectivity index is 2.06. The molecule has 2 atom stereocenters. The van der Waals surface area contributed by atoms with Crippen molar-refractivity contribution >= 4 is 45.1 Å². The van der Waals surface area contributed by atoms with E-state index in [9.17, 15) is 0 Å². The lowest BCUT2D eigenvalue weighted by atomic mass is 10.2. The summed E-state index contributed by atoms with van der Waals surface area (Å²) in [6, 6.07) is 2.64. The summed E-state index contributed by atoms with van der Waals surface area (Å²) in [6.07, 6.45) is 0. The van der Waals surface area contributed by atoms with E-state index in [-0.39, 0.29) is 0 Å². The molecule has 3 heterocycles. The van der Waals surface area contributed by atoms with Gasteiger partial charge in [-0.15, -0.1) is 11.3 Å². The zero-order chi connectivity index (χ0) is 14.1. The van der Waals surface area contributed by atoms with E-state index in [1.54, 1.807) is 11.3 Å². The number of anilines is 2. The van der Waals surface area contributed by atoms with Crippen LogP contribution in [-0.4, -0.2) is 40.1 Å². The summed E-state index contributed by atoms with van der Waals surface area (Å²) in [5.41, 5.74) is 0. The van der Waals surface area contributed by atoms with Crippen LogP contribution in [0.25, 0.3) is 10.2 Å². The molecule has 6 heteroatoms. The molecule has 2 aromatic rings. The molecule has 0 radical (unpaired) electrons. The van der Waals surface area contributed by atoms with E-state index in [4.69, 9.17) is 4.98 Å². The summed E-state index contributed by atoms with van der Waals surface area (Å²) in [5.74, 6) is 3.00. The lowest BCUT2D eigenvalue weighted by molar-refractivity contribution is 0.622. The Morgan fingerprint density at radius 3 is 3.05 bits per heavy atom. The first-order valence-corrected chi connectivity index (χ1v) is 9.01. The van der Waals surface area contributed by atoms with E-state index in [2.05, 4.69) is 47.4 Å². The number of fused-ring (bicyclic) bond motifs is 1. The molecule has 3 rings (SSSR count). The van der Waals surface area contributed by atoms with Crippen LogP contribution >= 0.6 is 23.1 Å². The largest absolute Gasteiger partial charge is 0.354 e. The molecular formula is C14H20N4S2. The van der Waals surface area contributed by atoms with Crippen molar-refractivity contribution in [3.05, 3.63) is 11.4 Å². The fourth-order valence-corrected chi connectivity index (χ4v) is 4.39. The smallest absolute Gasteiger partial charge is 0.226 e. The topological polar surface area (TPSA) is 41.1 Å². The van der Waals surface area contributed by atoms with Gasteiger partial charge in [0, 0.05) is 30.1 Å². The minimum Gasteiger partial charge on any atom is -0.354 e. The normalized spacial score (nSPS) is 23.2. The standard InChI is InChI=1S/C14H20N4S2/c1-4-15-14-16-12(11-5-7-20-13(11)17-14)18-6-8-19-10(3)9(18)2/h5,7,9-10H,4,6,8H2,1-3H3,(H,15,16,17). The summed E-state index contributed by atoms with van der Waals surface area (Å²) in [4.78, 5) is 12.9. The molecule has 108 valence electrons. The molecule has 0 amide bonds. The second kappa shape index (κ2) is 5.77. The molecule has 20 heavy (non-hydrogen) atoms. The lowest BCUT2D eigenvalue weighted by Gasteiger charge is -2.38. The molecule has 0 aliphatic carbocycles. The highest BCUT2D eigenvalue weighted by Crippen LogP contribution is 2.34. The number of nitrogens with one attached hydrogen (secondary N) is 1. The van der Waals surface area contributed by atoms with E-state index in [0.29, 0.717) is 11.3 Å². The minimum absolute atomic E-state index is 0.501. The summed E-state index contributed by atoms with van der Waals surface area (Å²) >= 11 is 3.73. The predicted molar refractivity (Wildman–Crippen MR) is 90.3 cm³/mol. The van der Waals surface area contributed by atoms with Gasteiger partial charge in [0.25, 0.3) is 0 Å². The van der Waals surface area contributed by atoms with Gasteiger partial charge in [-0.3, -0.25) is 0 Å². The summed E-state index contributed by atoms with van der Waals surface area (Å²) in [7, 11) is 0. The second-order valence-electron chi connectivity index (χ2n) is 5.05. The van der Waals surface area contributed by atoms with E-state index >= 15 is 0 Å². The van der Waals surface area contributed by atoms with Crippen LogP contribution in [0.4, 0.5) is 11.8 Å².